The van der Waals surface area contributed by atoms with Crippen LogP contribution in [0, 0.1) is 0 Å². The Morgan fingerprint density at radius 1 is 1.31 bits per heavy atom. The van der Waals surface area contributed by atoms with E-state index in [1.807, 2.05) is 30.3 Å². The maximum atomic E-state index is 10.4. The number of carbonyl (C=O) groups is 1. The molecule has 82 valence electrons. The fourth-order valence-electron chi connectivity index (χ4n) is 1.18. The van der Waals surface area contributed by atoms with Crippen molar-refractivity contribution in [2.75, 3.05) is 5.75 Å². The van der Waals surface area contributed by atoms with E-state index in [-0.39, 0.29) is 5.75 Å². The Bertz CT molecular complexity index is 484. The molecule has 0 radical (unpaired) electrons. The Labute approximate surface area is 95.4 Å². The first-order valence-corrected chi connectivity index (χ1v) is 5.48. The molecule has 0 unspecified atom stereocenters. The van der Waals surface area contributed by atoms with Gasteiger partial charge in [-0.15, -0.1) is 0 Å². The quantitative estimate of drug-likeness (QED) is 0.817. The Balaban J connectivity index is 2.23. The van der Waals surface area contributed by atoms with Gasteiger partial charge in [-0.3, -0.25) is 4.79 Å². The predicted octanol–water partition coefficient (Wildman–Crippen LogP) is 1.91. The van der Waals surface area contributed by atoms with Gasteiger partial charge in [0.2, 0.25) is 0 Å². The topological polar surface area (TPSA) is 76.2 Å². The molecule has 0 fully saturated rings. The second-order valence-electron chi connectivity index (χ2n) is 2.97. The van der Waals surface area contributed by atoms with Gasteiger partial charge in [-0.05, 0) is 10.3 Å². The van der Waals surface area contributed by atoms with Gasteiger partial charge in [-0.25, -0.2) is 4.63 Å². The Hall–Kier alpha value is -1.82. The molecule has 1 aromatic heterocycles. The van der Waals surface area contributed by atoms with E-state index in [4.69, 9.17) is 5.11 Å². The summed E-state index contributed by atoms with van der Waals surface area (Å²) < 4.78 is 4.62. The molecule has 5 nitrogen and oxygen atoms in total. The molecular weight excluding hydrogens is 228 g/mol. The zero-order valence-corrected chi connectivity index (χ0v) is 8.98. The third kappa shape index (κ3) is 2.40. The van der Waals surface area contributed by atoms with E-state index in [9.17, 15) is 4.79 Å². The second kappa shape index (κ2) is 4.80. The van der Waals surface area contributed by atoms with Gasteiger partial charge in [0.15, 0.2) is 5.03 Å². The van der Waals surface area contributed by atoms with Crippen LogP contribution in [0.3, 0.4) is 0 Å². The number of carboxylic acids is 1. The first kappa shape index (κ1) is 10.7. The van der Waals surface area contributed by atoms with E-state index in [0.717, 1.165) is 17.3 Å². The van der Waals surface area contributed by atoms with Gasteiger partial charge in [0.25, 0.3) is 0 Å². The molecule has 0 atom stereocenters. The molecule has 0 bridgehead atoms. The molecule has 1 aromatic carbocycles. The zero-order valence-electron chi connectivity index (χ0n) is 8.16. The average Bonchev–Trinajstić information content (AvgIpc) is 2.75. The molecular formula is C10H8N2O3S. The SMILES string of the molecule is O=C(O)CSc1nonc1-c1ccccc1. The van der Waals surface area contributed by atoms with Crippen molar-refractivity contribution in [1.29, 1.82) is 0 Å². The molecule has 0 aliphatic heterocycles. The summed E-state index contributed by atoms with van der Waals surface area (Å²) in [5.41, 5.74) is 1.43. The lowest BCUT2D eigenvalue weighted by molar-refractivity contribution is -0.133. The number of thioether (sulfide) groups is 1. The Kier molecular flexibility index (Phi) is 3.21. The fraction of sp³-hybridized carbons (Fsp3) is 0.100. The van der Waals surface area contributed by atoms with Gasteiger partial charge in [-0.2, -0.15) is 0 Å². The third-order valence-corrected chi connectivity index (χ3v) is 2.77. The maximum Gasteiger partial charge on any atom is 0.313 e. The van der Waals surface area contributed by atoms with Crippen LogP contribution in [0.25, 0.3) is 11.3 Å². The van der Waals surface area contributed by atoms with Crippen LogP contribution in [0.2, 0.25) is 0 Å². The molecule has 0 aliphatic rings. The number of aliphatic carboxylic acids is 1. The Morgan fingerprint density at radius 2 is 2.06 bits per heavy atom. The van der Waals surface area contributed by atoms with Crippen molar-refractivity contribution in [3.8, 4) is 11.3 Å². The zero-order chi connectivity index (χ0) is 11.4. The van der Waals surface area contributed by atoms with Crippen LogP contribution in [0.1, 0.15) is 0 Å². The van der Waals surface area contributed by atoms with Crippen LogP contribution in [0.5, 0.6) is 0 Å². The van der Waals surface area contributed by atoms with Crippen molar-refractivity contribution in [3.63, 3.8) is 0 Å². The minimum absolute atomic E-state index is 0.0615. The van der Waals surface area contributed by atoms with Gasteiger partial charge in [0.1, 0.15) is 5.69 Å². The molecule has 0 aliphatic carbocycles. The second-order valence-corrected chi connectivity index (χ2v) is 3.93. The lowest BCUT2D eigenvalue weighted by Crippen LogP contribution is -1.97. The lowest BCUT2D eigenvalue weighted by Gasteiger charge is -1.96. The molecule has 1 N–H and O–H groups in total. The molecule has 1 heterocycles. The van der Waals surface area contributed by atoms with E-state index in [0.29, 0.717) is 10.7 Å². The predicted molar refractivity (Wildman–Crippen MR) is 58.1 cm³/mol. The summed E-state index contributed by atoms with van der Waals surface area (Å²) in [7, 11) is 0. The summed E-state index contributed by atoms with van der Waals surface area (Å²) in [6, 6.07) is 9.36. The lowest BCUT2D eigenvalue weighted by atomic mass is 10.2. The minimum atomic E-state index is -0.896. The highest BCUT2D eigenvalue weighted by Gasteiger charge is 2.13. The summed E-state index contributed by atoms with van der Waals surface area (Å²) in [5.74, 6) is -0.958. The molecule has 2 rings (SSSR count). The van der Waals surface area contributed by atoms with Crippen LogP contribution in [-0.2, 0) is 4.79 Å². The molecule has 0 saturated carbocycles. The molecule has 2 aromatic rings. The van der Waals surface area contributed by atoms with E-state index >= 15 is 0 Å². The van der Waals surface area contributed by atoms with Gasteiger partial charge in [-0.1, -0.05) is 42.1 Å². The van der Waals surface area contributed by atoms with Crippen LogP contribution >= 0.6 is 11.8 Å². The normalized spacial score (nSPS) is 10.2. The largest absolute Gasteiger partial charge is 0.481 e. The minimum Gasteiger partial charge on any atom is -0.481 e. The van der Waals surface area contributed by atoms with Crippen LogP contribution in [0.4, 0.5) is 0 Å². The molecule has 0 saturated heterocycles. The number of hydrogen-bond acceptors (Lipinski definition) is 5. The van der Waals surface area contributed by atoms with E-state index in [1.54, 1.807) is 0 Å². The maximum absolute atomic E-state index is 10.4. The van der Waals surface area contributed by atoms with E-state index in [1.165, 1.54) is 0 Å². The van der Waals surface area contributed by atoms with Crippen molar-refractivity contribution in [3.05, 3.63) is 30.3 Å². The Morgan fingerprint density at radius 3 is 2.75 bits per heavy atom. The first-order valence-electron chi connectivity index (χ1n) is 4.50. The number of carboxylic acid groups (broad SMARTS) is 1. The molecule has 16 heavy (non-hydrogen) atoms. The number of nitrogens with zero attached hydrogens (tertiary/aromatic N) is 2. The summed E-state index contributed by atoms with van der Waals surface area (Å²) in [6.45, 7) is 0. The van der Waals surface area contributed by atoms with Gasteiger partial charge >= 0.3 is 5.97 Å². The van der Waals surface area contributed by atoms with Crippen molar-refractivity contribution in [2.45, 2.75) is 5.03 Å². The molecule has 0 spiro atoms. The van der Waals surface area contributed by atoms with E-state index in [2.05, 4.69) is 14.9 Å². The highest BCUT2D eigenvalue weighted by molar-refractivity contribution is 8.00. The number of aromatic nitrogens is 2. The summed E-state index contributed by atoms with van der Waals surface area (Å²) in [4.78, 5) is 10.4. The summed E-state index contributed by atoms with van der Waals surface area (Å²) in [6.07, 6.45) is 0. The smallest absolute Gasteiger partial charge is 0.313 e. The third-order valence-electron chi connectivity index (χ3n) is 1.84. The molecule has 6 heteroatoms. The van der Waals surface area contributed by atoms with Gasteiger partial charge in [0.05, 0.1) is 5.75 Å². The number of benzene rings is 1. The van der Waals surface area contributed by atoms with Crippen molar-refractivity contribution >= 4 is 17.7 Å². The highest BCUT2D eigenvalue weighted by Crippen LogP contribution is 2.27. The van der Waals surface area contributed by atoms with Gasteiger partial charge in [0, 0.05) is 5.56 Å². The van der Waals surface area contributed by atoms with Crippen molar-refractivity contribution < 1.29 is 14.5 Å². The van der Waals surface area contributed by atoms with Gasteiger partial charge < -0.3 is 5.11 Å². The number of hydrogen-bond donors (Lipinski definition) is 1. The van der Waals surface area contributed by atoms with Crippen LogP contribution in [0.15, 0.2) is 40.0 Å². The summed E-state index contributed by atoms with van der Waals surface area (Å²) in [5, 5.41) is 16.5. The number of rotatable bonds is 4. The molecule has 0 amide bonds. The summed E-state index contributed by atoms with van der Waals surface area (Å²) >= 11 is 1.09. The highest BCUT2D eigenvalue weighted by atomic mass is 32.2. The average molecular weight is 236 g/mol. The fourth-order valence-corrected chi connectivity index (χ4v) is 1.82. The standard InChI is InChI=1S/C10H8N2O3S/c13-8(14)6-16-10-9(11-15-12-10)7-4-2-1-3-5-7/h1-5H,6H2,(H,13,14). The van der Waals surface area contributed by atoms with Crippen LogP contribution < -0.4 is 0 Å². The first-order chi connectivity index (χ1) is 7.77. The van der Waals surface area contributed by atoms with Crippen LogP contribution in [-0.4, -0.2) is 27.1 Å². The van der Waals surface area contributed by atoms with Crippen molar-refractivity contribution in [2.24, 2.45) is 0 Å². The van der Waals surface area contributed by atoms with Crippen molar-refractivity contribution in [1.82, 2.24) is 10.3 Å². The monoisotopic (exact) mass is 236 g/mol. The van der Waals surface area contributed by atoms with E-state index < -0.39 is 5.97 Å².